The molecule has 2 N–H and O–H groups in total. The van der Waals surface area contributed by atoms with Gasteiger partial charge < -0.3 is 15.4 Å². The van der Waals surface area contributed by atoms with E-state index in [1.807, 2.05) is 6.92 Å². The predicted molar refractivity (Wildman–Crippen MR) is 107 cm³/mol. The van der Waals surface area contributed by atoms with E-state index in [4.69, 9.17) is 16.3 Å². The summed E-state index contributed by atoms with van der Waals surface area (Å²) in [4.78, 5) is 23.8. The standard InChI is InChI=1S/C19H19ClN2O5S/c1-11-3-4-13(20)8-15(11)21-18(23)7-12(2)28(25,26)14-5-6-17-16(9-14)22-19(24)10-27-17/h3-6,8-9,12H,7,10H2,1-2H3,(H,21,23)(H,22,24)/t12-/m0/s1. The summed E-state index contributed by atoms with van der Waals surface area (Å²) < 4.78 is 30.9. The lowest BCUT2D eigenvalue weighted by Gasteiger charge is -2.19. The largest absolute Gasteiger partial charge is 0.482 e. The van der Waals surface area contributed by atoms with Crippen LogP contribution in [0.15, 0.2) is 41.3 Å². The van der Waals surface area contributed by atoms with E-state index < -0.39 is 21.0 Å². The molecule has 0 unspecified atom stereocenters. The Morgan fingerprint density at radius 3 is 2.79 bits per heavy atom. The molecule has 1 heterocycles. The zero-order valence-corrected chi connectivity index (χ0v) is 16.9. The fourth-order valence-electron chi connectivity index (χ4n) is 2.77. The third kappa shape index (κ3) is 4.28. The monoisotopic (exact) mass is 422 g/mol. The van der Waals surface area contributed by atoms with E-state index in [1.165, 1.54) is 25.1 Å². The molecule has 9 heteroatoms. The molecule has 0 bridgehead atoms. The summed E-state index contributed by atoms with van der Waals surface area (Å²) in [5.74, 6) is -0.386. The molecule has 3 rings (SSSR count). The number of carbonyl (C=O) groups excluding carboxylic acids is 2. The van der Waals surface area contributed by atoms with E-state index in [0.717, 1.165) is 5.56 Å². The van der Waals surface area contributed by atoms with Crippen molar-refractivity contribution >= 4 is 44.6 Å². The van der Waals surface area contributed by atoms with Crippen LogP contribution in [0.3, 0.4) is 0 Å². The number of sulfone groups is 1. The summed E-state index contributed by atoms with van der Waals surface area (Å²) in [5, 5.41) is 4.78. The van der Waals surface area contributed by atoms with Gasteiger partial charge in [-0.25, -0.2) is 8.42 Å². The Kier molecular flexibility index (Phi) is 5.62. The molecule has 0 radical (unpaired) electrons. The third-order valence-corrected chi connectivity index (χ3v) is 6.76. The molecule has 0 saturated carbocycles. The van der Waals surface area contributed by atoms with E-state index in [0.29, 0.717) is 22.1 Å². The van der Waals surface area contributed by atoms with Crippen LogP contribution in [0, 0.1) is 6.92 Å². The van der Waals surface area contributed by atoms with Crippen LogP contribution >= 0.6 is 11.6 Å². The Morgan fingerprint density at radius 1 is 1.29 bits per heavy atom. The van der Waals surface area contributed by atoms with Gasteiger partial charge in [0.05, 0.1) is 15.8 Å². The van der Waals surface area contributed by atoms with Crippen molar-refractivity contribution in [1.29, 1.82) is 0 Å². The minimum absolute atomic E-state index is 0.0105. The van der Waals surface area contributed by atoms with Gasteiger partial charge in [0, 0.05) is 17.1 Å². The zero-order valence-electron chi connectivity index (χ0n) is 15.3. The molecule has 1 atom stereocenters. The zero-order chi connectivity index (χ0) is 20.5. The second-order valence-corrected chi connectivity index (χ2v) is 9.36. The molecule has 28 heavy (non-hydrogen) atoms. The van der Waals surface area contributed by atoms with Crippen molar-refractivity contribution in [1.82, 2.24) is 0 Å². The molecule has 0 aromatic heterocycles. The van der Waals surface area contributed by atoms with Gasteiger partial charge in [-0.1, -0.05) is 17.7 Å². The van der Waals surface area contributed by atoms with Crippen molar-refractivity contribution in [2.45, 2.75) is 30.4 Å². The minimum atomic E-state index is -3.79. The maximum absolute atomic E-state index is 12.9. The molecule has 0 spiro atoms. The smallest absolute Gasteiger partial charge is 0.262 e. The molecule has 0 fully saturated rings. The number of rotatable bonds is 5. The van der Waals surface area contributed by atoms with Gasteiger partial charge in [-0.3, -0.25) is 9.59 Å². The van der Waals surface area contributed by atoms with E-state index in [-0.39, 0.29) is 23.8 Å². The van der Waals surface area contributed by atoms with Gasteiger partial charge in [0.1, 0.15) is 5.75 Å². The Labute approximate surface area is 168 Å². The summed E-state index contributed by atoms with van der Waals surface area (Å²) in [6.45, 7) is 3.17. The number of hydrogen-bond donors (Lipinski definition) is 2. The number of ether oxygens (including phenoxy) is 1. The lowest BCUT2D eigenvalue weighted by molar-refractivity contribution is -0.118. The molecule has 1 aliphatic heterocycles. The summed E-state index contributed by atoms with van der Waals surface area (Å²) in [7, 11) is -3.79. The Balaban J connectivity index is 1.75. The van der Waals surface area contributed by atoms with Crippen molar-refractivity contribution in [2.24, 2.45) is 0 Å². The first-order valence-corrected chi connectivity index (χ1v) is 10.5. The summed E-state index contributed by atoms with van der Waals surface area (Å²) >= 11 is 5.94. The number of benzene rings is 2. The maximum atomic E-state index is 12.9. The van der Waals surface area contributed by atoms with E-state index in [2.05, 4.69) is 10.6 Å². The second-order valence-electron chi connectivity index (χ2n) is 6.56. The number of amides is 2. The van der Waals surface area contributed by atoms with Crippen LogP contribution in [-0.2, 0) is 19.4 Å². The number of aryl methyl sites for hydroxylation is 1. The quantitative estimate of drug-likeness (QED) is 0.770. The van der Waals surface area contributed by atoms with Crippen molar-refractivity contribution in [3.8, 4) is 5.75 Å². The Hall–Kier alpha value is -2.58. The minimum Gasteiger partial charge on any atom is -0.482 e. The number of hydrogen-bond acceptors (Lipinski definition) is 5. The first kappa shape index (κ1) is 20.2. The van der Waals surface area contributed by atoms with Gasteiger partial charge in [-0.15, -0.1) is 0 Å². The van der Waals surface area contributed by atoms with Crippen LogP contribution in [0.2, 0.25) is 5.02 Å². The van der Waals surface area contributed by atoms with Crippen molar-refractivity contribution in [2.75, 3.05) is 17.2 Å². The van der Waals surface area contributed by atoms with E-state index >= 15 is 0 Å². The Bertz CT molecular complexity index is 1050. The Morgan fingerprint density at radius 2 is 2.04 bits per heavy atom. The van der Waals surface area contributed by atoms with Gasteiger partial charge in [0.25, 0.3) is 5.91 Å². The van der Waals surface area contributed by atoms with Crippen LogP contribution in [0.25, 0.3) is 0 Å². The number of carbonyl (C=O) groups is 2. The van der Waals surface area contributed by atoms with E-state index in [1.54, 1.807) is 18.2 Å². The molecule has 1 aliphatic rings. The van der Waals surface area contributed by atoms with Gasteiger partial charge in [0.2, 0.25) is 5.91 Å². The molecular formula is C19H19ClN2O5S. The SMILES string of the molecule is Cc1ccc(Cl)cc1NC(=O)C[C@H](C)S(=O)(=O)c1ccc2c(c1)NC(=O)CO2. The molecule has 0 saturated heterocycles. The molecule has 2 aromatic rings. The lowest BCUT2D eigenvalue weighted by atomic mass is 10.2. The fourth-order valence-corrected chi connectivity index (χ4v) is 4.32. The maximum Gasteiger partial charge on any atom is 0.262 e. The number of nitrogens with one attached hydrogen (secondary N) is 2. The highest BCUT2D eigenvalue weighted by Gasteiger charge is 2.28. The highest BCUT2D eigenvalue weighted by atomic mass is 35.5. The molecule has 2 aromatic carbocycles. The molecule has 2 amide bonds. The topological polar surface area (TPSA) is 102 Å². The van der Waals surface area contributed by atoms with Crippen LogP contribution in [0.5, 0.6) is 5.75 Å². The third-order valence-electron chi connectivity index (χ3n) is 4.39. The number of anilines is 2. The van der Waals surface area contributed by atoms with Crippen LogP contribution in [0.4, 0.5) is 11.4 Å². The van der Waals surface area contributed by atoms with E-state index in [9.17, 15) is 18.0 Å². The van der Waals surface area contributed by atoms with Crippen molar-refractivity contribution in [3.05, 3.63) is 47.0 Å². The summed E-state index contributed by atoms with van der Waals surface area (Å²) in [5.41, 5.74) is 1.65. The average molecular weight is 423 g/mol. The van der Waals surface area contributed by atoms with Gasteiger partial charge in [-0.2, -0.15) is 0 Å². The highest BCUT2D eigenvalue weighted by molar-refractivity contribution is 7.92. The lowest BCUT2D eigenvalue weighted by Crippen LogP contribution is -2.27. The van der Waals surface area contributed by atoms with Gasteiger partial charge >= 0.3 is 0 Å². The normalized spacial score (nSPS) is 14.5. The molecule has 148 valence electrons. The van der Waals surface area contributed by atoms with Crippen LogP contribution < -0.4 is 15.4 Å². The number of fused-ring (bicyclic) bond motifs is 1. The first-order chi connectivity index (χ1) is 13.2. The first-order valence-electron chi connectivity index (χ1n) is 8.53. The summed E-state index contributed by atoms with van der Waals surface area (Å²) in [6.07, 6.45) is -0.228. The number of halogens is 1. The second kappa shape index (κ2) is 7.81. The molecule has 7 nitrogen and oxygen atoms in total. The van der Waals surface area contributed by atoms with Gasteiger partial charge in [-0.05, 0) is 49.7 Å². The summed E-state index contributed by atoms with van der Waals surface area (Å²) in [6, 6.07) is 9.32. The fraction of sp³-hybridized carbons (Fsp3) is 0.263. The average Bonchev–Trinajstić information content (AvgIpc) is 2.63. The van der Waals surface area contributed by atoms with Crippen molar-refractivity contribution in [3.63, 3.8) is 0 Å². The van der Waals surface area contributed by atoms with Crippen LogP contribution in [-0.4, -0.2) is 32.1 Å². The van der Waals surface area contributed by atoms with Crippen molar-refractivity contribution < 1.29 is 22.7 Å². The molecule has 0 aliphatic carbocycles. The predicted octanol–water partition coefficient (Wildman–Crippen LogP) is 3.17. The highest BCUT2D eigenvalue weighted by Crippen LogP contribution is 2.32. The molecular weight excluding hydrogens is 404 g/mol. The van der Waals surface area contributed by atoms with Gasteiger partial charge in [0.15, 0.2) is 16.4 Å². The van der Waals surface area contributed by atoms with Crippen LogP contribution in [0.1, 0.15) is 18.9 Å².